The molecule has 0 aliphatic heterocycles. The van der Waals surface area contributed by atoms with Crippen LogP contribution in [0.5, 0.6) is 11.5 Å². The first-order valence-electron chi connectivity index (χ1n) is 7.93. The maximum Gasteiger partial charge on any atom is 0.128 e. The van der Waals surface area contributed by atoms with Gasteiger partial charge in [0.05, 0.1) is 6.04 Å². The van der Waals surface area contributed by atoms with Crippen molar-refractivity contribution in [3.63, 3.8) is 0 Å². The van der Waals surface area contributed by atoms with E-state index in [0.717, 1.165) is 22.6 Å². The van der Waals surface area contributed by atoms with Crippen LogP contribution in [0.15, 0.2) is 77.8 Å². The van der Waals surface area contributed by atoms with Crippen molar-refractivity contribution < 1.29 is 4.74 Å². The fourth-order valence-electron chi connectivity index (χ4n) is 2.40. The molecule has 25 heavy (non-hydrogen) atoms. The number of halogens is 2. The van der Waals surface area contributed by atoms with Crippen molar-refractivity contribution in [3.05, 3.63) is 94.0 Å². The van der Waals surface area contributed by atoms with Crippen LogP contribution in [0.2, 0.25) is 10.0 Å². The Morgan fingerprint density at radius 2 is 1.64 bits per heavy atom. The van der Waals surface area contributed by atoms with Crippen LogP contribution in [0.3, 0.4) is 0 Å². The number of para-hydroxylation sites is 1. The molecule has 0 amide bonds. The molecule has 0 spiro atoms. The van der Waals surface area contributed by atoms with Crippen molar-refractivity contribution in [2.45, 2.75) is 13.0 Å². The van der Waals surface area contributed by atoms with Gasteiger partial charge >= 0.3 is 0 Å². The minimum atomic E-state index is -0.0927. The highest BCUT2D eigenvalue weighted by Crippen LogP contribution is 2.28. The SMILES string of the molecule is CC(/N=C/c1cccc(Oc2ccccc2)c1)c1cc(Cl)ccc1Cl. The van der Waals surface area contributed by atoms with Gasteiger partial charge in [-0.2, -0.15) is 0 Å². The number of hydrogen-bond donors (Lipinski definition) is 0. The Balaban J connectivity index is 1.75. The molecule has 0 radical (unpaired) electrons. The molecule has 0 bridgehead atoms. The molecule has 4 heteroatoms. The van der Waals surface area contributed by atoms with Crippen molar-refractivity contribution in [3.8, 4) is 11.5 Å². The van der Waals surface area contributed by atoms with Gasteiger partial charge in [-0.05, 0) is 60.5 Å². The zero-order valence-electron chi connectivity index (χ0n) is 13.7. The summed E-state index contributed by atoms with van der Waals surface area (Å²) in [7, 11) is 0. The van der Waals surface area contributed by atoms with Crippen molar-refractivity contribution >= 4 is 29.4 Å². The standard InChI is InChI=1S/C21H17Cl2NO/c1-15(20-13-17(22)10-11-21(20)23)24-14-16-6-5-9-19(12-16)25-18-7-3-2-4-8-18/h2-15H,1H3/b24-14+. The Kier molecular flexibility index (Phi) is 5.75. The number of rotatable bonds is 5. The molecule has 3 aromatic rings. The Morgan fingerprint density at radius 1 is 0.880 bits per heavy atom. The minimum Gasteiger partial charge on any atom is -0.457 e. The van der Waals surface area contributed by atoms with Crippen LogP contribution < -0.4 is 4.74 Å². The molecular weight excluding hydrogens is 353 g/mol. The fraction of sp³-hybridized carbons (Fsp3) is 0.0952. The Labute approximate surface area is 157 Å². The molecule has 0 aliphatic rings. The van der Waals surface area contributed by atoms with Gasteiger partial charge < -0.3 is 4.74 Å². The lowest BCUT2D eigenvalue weighted by Gasteiger charge is -2.10. The average molecular weight is 370 g/mol. The first-order valence-corrected chi connectivity index (χ1v) is 8.68. The van der Waals surface area contributed by atoms with Crippen molar-refractivity contribution in [2.75, 3.05) is 0 Å². The van der Waals surface area contributed by atoms with E-state index in [9.17, 15) is 0 Å². The zero-order valence-corrected chi connectivity index (χ0v) is 15.2. The number of aliphatic imine (C=N–C) groups is 1. The van der Waals surface area contributed by atoms with E-state index in [-0.39, 0.29) is 6.04 Å². The molecule has 0 heterocycles. The van der Waals surface area contributed by atoms with Gasteiger partial charge in [0.2, 0.25) is 0 Å². The van der Waals surface area contributed by atoms with Crippen LogP contribution in [-0.2, 0) is 0 Å². The Hall–Kier alpha value is -2.29. The Morgan fingerprint density at radius 3 is 2.44 bits per heavy atom. The lowest BCUT2D eigenvalue weighted by atomic mass is 10.1. The van der Waals surface area contributed by atoms with Crippen LogP contribution in [0.4, 0.5) is 0 Å². The highest BCUT2D eigenvalue weighted by molar-refractivity contribution is 6.33. The van der Waals surface area contributed by atoms with Gasteiger partial charge in [0.25, 0.3) is 0 Å². The largest absolute Gasteiger partial charge is 0.457 e. The number of nitrogens with zero attached hydrogens (tertiary/aromatic N) is 1. The molecule has 2 nitrogen and oxygen atoms in total. The summed E-state index contributed by atoms with van der Waals surface area (Å²) in [5, 5.41) is 1.31. The van der Waals surface area contributed by atoms with E-state index in [1.807, 2.05) is 73.8 Å². The molecule has 0 aliphatic carbocycles. The van der Waals surface area contributed by atoms with E-state index in [1.165, 1.54) is 0 Å². The summed E-state index contributed by atoms with van der Waals surface area (Å²) in [6, 6.07) is 22.8. The van der Waals surface area contributed by atoms with Crippen LogP contribution in [0.1, 0.15) is 24.1 Å². The topological polar surface area (TPSA) is 21.6 Å². The van der Waals surface area contributed by atoms with Crippen LogP contribution in [0.25, 0.3) is 0 Å². The minimum absolute atomic E-state index is 0.0927. The van der Waals surface area contributed by atoms with Crippen LogP contribution >= 0.6 is 23.2 Å². The van der Waals surface area contributed by atoms with Gasteiger partial charge in [-0.1, -0.05) is 53.5 Å². The molecule has 3 aromatic carbocycles. The van der Waals surface area contributed by atoms with E-state index in [1.54, 1.807) is 12.1 Å². The normalized spacial score (nSPS) is 12.3. The lowest BCUT2D eigenvalue weighted by molar-refractivity contribution is 0.482. The van der Waals surface area contributed by atoms with Crippen LogP contribution in [0, 0.1) is 0 Å². The third kappa shape index (κ3) is 4.85. The lowest BCUT2D eigenvalue weighted by Crippen LogP contribution is -1.93. The smallest absolute Gasteiger partial charge is 0.128 e. The van der Waals surface area contributed by atoms with Gasteiger partial charge in [-0.25, -0.2) is 0 Å². The van der Waals surface area contributed by atoms with E-state index in [0.29, 0.717) is 10.0 Å². The summed E-state index contributed by atoms with van der Waals surface area (Å²) in [6.07, 6.45) is 1.82. The van der Waals surface area contributed by atoms with E-state index in [4.69, 9.17) is 27.9 Å². The van der Waals surface area contributed by atoms with Crippen LogP contribution in [-0.4, -0.2) is 6.21 Å². The van der Waals surface area contributed by atoms with Crippen molar-refractivity contribution in [1.82, 2.24) is 0 Å². The molecule has 126 valence electrons. The summed E-state index contributed by atoms with van der Waals surface area (Å²) < 4.78 is 5.85. The number of ether oxygens (including phenoxy) is 1. The predicted molar refractivity (Wildman–Crippen MR) is 105 cm³/mol. The summed E-state index contributed by atoms with van der Waals surface area (Å²) in [6.45, 7) is 1.98. The number of hydrogen-bond acceptors (Lipinski definition) is 2. The first-order chi connectivity index (χ1) is 12.1. The van der Waals surface area contributed by atoms with Gasteiger partial charge in [-0.15, -0.1) is 0 Å². The highest BCUT2D eigenvalue weighted by Gasteiger charge is 2.08. The molecule has 0 saturated heterocycles. The fourth-order valence-corrected chi connectivity index (χ4v) is 2.85. The summed E-state index contributed by atoms with van der Waals surface area (Å²) in [4.78, 5) is 4.59. The molecular formula is C21H17Cl2NO. The predicted octanol–water partition coefficient (Wildman–Crippen LogP) is 6.97. The van der Waals surface area contributed by atoms with Gasteiger partial charge in [0, 0.05) is 16.3 Å². The van der Waals surface area contributed by atoms with E-state index in [2.05, 4.69) is 4.99 Å². The molecule has 1 atom stereocenters. The molecule has 0 saturated carbocycles. The summed E-state index contributed by atoms with van der Waals surface area (Å²) in [5.41, 5.74) is 1.86. The monoisotopic (exact) mass is 369 g/mol. The summed E-state index contributed by atoms with van der Waals surface area (Å²) >= 11 is 12.3. The molecule has 0 aromatic heterocycles. The zero-order chi connectivity index (χ0) is 17.6. The van der Waals surface area contributed by atoms with Gasteiger partial charge in [0.15, 0.2) is 0 Å². The van der Waals surface area contributed by atoms with E-state index >= 15 is 0 Å². The average Bonchev–Trinajstić information content (AvgIpc) is 2.63. The maximum atomic E-state index is 6.24. The Bertz CT molecular complexity index is 878. The second-order valence-corrected chi connectivity index (χ2v) is 6.45. The van der Waals surface area contributed by atoms with Gasteiger partial charge in [0.1, 0.15) is 11.5 Å². The number of benzene rings is 3. The second-order valence-electron chi connectivity index (χ2n) is 5.61. The third-order valence-corrected chi connectivity index (χ3v) is 4.27. The second kappa shape index (κ2) is 8.19. The molecule has 0 N–H and O–H groups in total. The molecule has 3 rings (SSSR count). The van der Waals surface area contributed by atoms with Crippen molar-refractivity contribution in [2.24, 2.45) is 4.99 Å². The van der Waals surface area contributed by atoms with Gasteiger partial charge in [-0.3, -0.25) is 4.99 Å². The quantitative estimate of drug-likeness (QED) is 0.445. The summed E-state index contributed by atoms with van der Waals surface area (Å²) in [5.74, 6) is 1.57. The molecule has 1 unspecified atom stereocenters. The van der Waals surface area contributed by atoms with E-state index < -0.39 is 0 Å². The molecule has 0 fully saturated rings. The first kappa shape index (κ1) is 17.5. The van der Waals surface area contributed by atoms with Crippen molar-refractivity contribution in [1.29, 1.82) is 0 Å². The highest BCUT2D eigenvalue weighted by atomic mass is 35.5. The third-order valence-electron chi connectivity index (χ3n) is 3.69. The maximum absolute atomic E-state index is 6.24.